The van der Waals surface area contributed by atoms with Gasteiger partial charge in [0, 0.05) is 25.2 Å². The zero-order valence-electron chi connectivity index (χ0n) is 15.2. The van der Waals surface area contributed by atoms with Gasteiger partial charge in [-0.05, 0) is 57.1 Å². The van der Waals surface area contributed by atoms with E-state index in [2.05, 4.69) is 4.90 Å². The molecular weight excluding hydrogens is 312 g/mol. The van der Waals surface area contributed by atoms with Crippen LogP contribution >= 0.6 is 0 Å². The van der Waals surface area contributed by atoms with Gasteiger partial charge in [0.25, 0.3) is 0 Å². The summed E-state index contributed by atoms with van der Waals surface area (Å²) >= 11 is 0. The molecular formula is C21H30N2O2. The first-order valence-corrected chi connectivity index (χ1v) is 9.86. The number of hydrogen-bond donors (Lipinski definition) is 1. The van der Waals surface area contributed by atoms with E-state index in [1.807, 2.05) is 35.2 Å². The highest BCUT2D eigenvalue weighted by Gasteiger charge is 2.43. The van der Waals surface area contributed by atoms with Gasteiger partial charge >= 0.3 is 0 Å². The van der Waals surface area contributed by atoms with E-state index < -0.39 is 5.60 Å². The van der Waals surface area contributed by atoms with E-state index in [0.29, 0.717) is 12.0 Å². The maximum absolute atomic E-state index is 12.8. The number of benzene rings is 1. The maximum atomic E-state index is 12.8. The summed E-state index contributed by atoms with van der Waals surface area (Å²) in [5.74, 6) is 0.713. The van der Waals surface area contributed by atoms with Gasteiger partial charge in [-0.1, -0.05) is 30.3 Å². The molecule has 2 aliphatic heterocycles. The summed E-state index contributed by atoms with van der Waals surface area (Å²) in [6.45, 7) is 4.72. The topological polar surface area (TPSA) is 43.8 Å². The summed E-state index contributed by atoms with van der Waals surface area (Å²) in [4.78, 5) is 17.6. The van der Waals surface area contributed by atoms with E-state index in [9.17, 15) is 9.90 Å². The zero-order chi connectivity index (χ0) is 17.4. The Morgan fingerprint density at radius 1 is 1.16 bits per heavy atom. The van der Waals surface area contributed by atoms with Crippen molar-refractivity contribution in [2.24, 2.45) is 5.92 Å². The number of fused-ring (bicyclic) bond motifs is 1. The van der Waals surface area contributed by atoms with Gasteiger partial charge in [0.15, 0.2) is 0 Å². The Balaban J connectivity index is 1.39. The molecule has 1 N–H and O–H groups in total. The van der Waals surface area contributed by atoms with Crippen molar-refractivity contribution in [3.63, 3.8) is 0 Å². The second kappa shape index (κ2) is 6.73. The average molecular weight is 342 g/mol. The van der Waals surface area contributed by atoms with Crippen molar-refractivity contribution >= 4 is 5.91 Å². The smallest absolute Gasteiger partial charge is 0.225 e. The molecule has 3 unspecified atom stereocenters. The quantitative estimate of drug-likeness (QED) is 0.915. The van der Waals surface area contributed by atoms with Crippen LogP contribution in [0.25, 0.3) is 0 Å². The van der Waals surface area contributed by atoms with Crippen molar-refractivity contribution in [1.82, 2.24) is 9.80 Å². The molecule has 0 radical (unpaired) electrons. The minimum absolute atomic E-state index is 0.0934. The van der Waals surface area contributed by atoms with Crippen molar-refractivity contribution in [1.29, 1.82) is 0 Å². The SMILES string of the molecule is CC(O)(CC(=O)N1CCC2C(CCCN2C2CC2)C1)c1ccccc1. The summed E-state index contributed by atoms with van der Waals surface area (Å²) in [5, 5.41) is 10.8. The minimum atomic E-state index is -1.10. The highest BCUT2D eigenvalue weighted by Crippen LogP contribution is 2.38. The predicted octanol–water partition coefficient (Wildman–Crippen LogP) is 2.76. The fourth-order valence-corrected chi connectivity index (χ4v) is 4.83. The number of carbonyl (C=O) groups excluding carboxylic acids is 1. The third-order valence-corrected chi connectivity index (χ3v) is 6.37. The number of nitrogens with zero attached hydrogens (tertiary/aromatic N) is 2. The maximum Gasteiger partial charge on any atom is 0.225 e. The van der Waals surface area contributed by atoms with E-state index >= 15 is 0 Å². The Morgan fingerprint density at radius 2 is 1.92 bits per heavy atom. The lowest BCUT2D eigenvalue weighted by molar-refractivity contribution is -0.140. The van der Waals surface area contributed by atoms with Gasteiger partial charge in [0.2, 0.25) is 5.91 Å². The van der Waals surface area contributed by atoms with Gasteiger partial charge in [-0.2, -0.15) is 0 Å². The average Bonchev–Trinajstić information content (AvgIpc) is 3.46. The third-order valence-electron chi connectivity index (χ3n) is 6.37. The standard InChI is InChI=1S/C21H30N2O2/c1-21(25,17-7-3-2-4-8-17)14-20(24)22-13-11-19-16(15-22)6-5-12-23(19)18-9-10-18/h2-4,7-8,16,18-19,25H,5-6,9-15H2,1H3. The molecule has 1 saturated carbocycles. The molecule has 0 aromatic heterocycles. The fourth-order valence-electron chi connectivity index (χ4n) is 4.83. The molecule has 3 aliphatic rings. The molecule has 0 spiro atoms. The van der Waals surface area contributed by atoms with E-state index in [1.165, 1.54) is 32.2 Å². The fraction of sp³-hybridized carbons (Fsp3) is 0.667. The van der Waals surface area contributed by atoms with E-state index in [0.717, 1.165) is 31.1 Å². The van der Waals surface area contributed by atoms with Gasteiger partial charge < -0.3 is 10.0 Å². The Labute approximate surface area is 150 Å². The van der Waals surface area contributed by atoms with Crippen molar-refractivity contribution in [3.05, 3.63) is 35.9 Å². The minimum Gasteiger partial charge on any atom is -0.385 e. The number of carbonyl (C=O) groups is 1. The Kier molecular flexibility index (Phi) is 4.59. The molecule has 4 heteroatoms. The molecule has 1 aromatic carbocycles. The van der Waals surface area contributed by atoms with Gasteiger partial charge in [-0.15, -0.1) is 0 Å². The number of piperidine rings is 2. The lowest BCUT2D eigenvalue weighted by Gasteiger charge is -2.47. The van der Waals surface area contributed by atoms with Crippen molar-refractivity contribution in [3.8, 4) is 0 Å². The third kappa shape index (κ3) is 3.61. The molecule has 1 aliphatic carbocycles. The Hall–Kier alpha value is -1.39. The molecule has 136 valence electrons. The number of aliphatic hydroxyl groups is 1. The van der Waals surface area contributed by atoms with E-state index in [-0.39, 0.29) is 12.3 Å². The second-order valence-corrected chi connectivity index (χ2v) is 8.38. The second-order valence-electron chi connectivity index (χ2n) is 8.38. The molecule has 4 nitrogen and oxygen atoms in total. The van der Waals surface area contributed by atoms with Crippen LogP contribution in [0.15, 0.2) is 30.3 Å². The summed E-state index contributed by atoms with van der Waals surface area (Å²) in [5.41, 5.74) is -0.280. The molecule has 4 rings (SSSR count). The monoisotopic (exact) mass is 342 g/mol. The van der Waals surface area contributed by atoms with Crippen LogP contribution in [0.1, 0.15) is 51.0 Å². The van der Waals surface area contributed by atoms with Crippen molar-refractivity contribution in [2.45, 2.75) is 63.1 Å². The van der Waals surface area contributed by atoms with Crippen LogP contribution in [0.3, 0.4) is 0 Å². The molecule has 3 atom stereocenters. The zero-order valence-corrected chi connectivity index (χ0v) is 15.2. The highest BCUT2D eigenvalue weighted by atomic mass is 16.3. The molecule has 1 aromatic rings. The first kappa shape index (κ1) is 17.0. The van der Waals surface area contributed by atoms with Crippen LogP contribution in [0, 0.1) is 5.92 Å². The van der Waals surface area contributed by atoms with Crippen LogP contribution < -0.4 is 0 Å². The van der Waals surface area contributed by atoms with Crippen LogP contribution in [-0.4, -0.2) is 52.5 Å². The summed E-state index contributed by atoms with van der Waals surface area (Å²) < 4.78 is 0. The lowest BCUT2D eigenvalue weighted by atomic mass is 9.83. The molecule has 2 saturated heterocycles. The number of amides is 1. The molecule has 1 amide bonds. The molecule has 25 heavy (non-hydrogen) atoms. The van der Waals surface area contributed by atoms with Gasteiger partial charge in [0.1, 0.15) is 0 Å². The first-order chi connectivity index (χ1) is 12.0. The number of hydrogen-bond acceptors (Lipinski definition) is 3. The van der Waals surface area contributed by atoms with Gasteiger partial charge in [0.05, 0.1) is 12.0 Å². The van der Waals surface area contributed by atoms with Crippen molar-refractivity contribution in [2.75, 3.05) is 19.6 Å². The lowest BCUT2D eigenvalue weighted by Crippen LogP contribution is -2.56. The van der Waals surface area contributed by atoms with Gasteiger partial charge in [-0.3, -0.25) is 9.69 Å². The summed E-state index contributed by atoms with van der Waals surface area (Å²) in [7, 11) is 0. The summed E-state index contributed by atoms with van der Waals surface area (Å²) in [6, 6.07) is 11.1. The van der Waals surface area contributed by atoms with Crippen LogP contribution in [0.5, 0.6) is 0 Å². The summed E-state index contributed by atoms with van der Waals surface area (Å²) in [6.07, 6.45) is 6.51. The number of rotatable bonds is 4. The predicted molar refractivity (Wildman–Crippen MR) is 98.1 cm³/mol. The Morgan fingerprint density at radius 3 is 2.64 bits per heavy atom. The van der Waals surface area contributed by atoms with Gasteiger partial charge in [-0.25, -0.2) is 0 Å². The van der Waals surface area contributed by atoms with Crippen LogP contribution in [0.4, 0.5) is 0 Å². The Bertz CT molecular complexity index is 612. The van der Waals surface area contributed by atoms with E-state index in [4.69, 9.17) is 0 Å². The molecule has 3 fully saturated rings. The van der Waals surface area contributed by atoms with E-state index in [1.54, 1.807) is 6.92 Å². The molecule has 0 bridgehead atoms. The number of likely N-dealkylation sites (tertiary alicyclic amines) is 2. The van der Waals surface area contributed by atoms with Crippen molar-refractivity contribution < 1.29 is 9.90 Å². The first-order valence-electron chi connectivity index (χ1n) is 9.86. The largest absolute Gasteiger partial charge is 0.385 e. The highest BCUT2D eigenvalue weighted by molar-refractivity contribution is 5.77. The normalized spacial score (nSPS) is 29.8. The van der Waals surface area contributed by atoms with Crippen LogP contribution in [-0.2, 0) is 10.4 Å². The van der Waals surface area contributed by atoms with Crippen LogP contribution in [0.2, 0.25) is 0 Å². The molecule has 2 heterocycles.